The molecule has 0 saturated heterocycles. The van der Waals surface area contributed by atoms with Crippen molar-refractivity contribution < 1.29 is 4.39 Å². The van der Waals surface area contributed by atoms with Gasteiger partial charge in [-0.2, -0.15) is 0 Å². The van der Waals surface area contributed by atoms with E-state index in [-0.39, 0.29) is 5.82 Å². The Bertz CT molecular complexity index is 322. The molecule has 1 rings (SSSR count). The van der Waals surface area contributed by atoms with Crippen molar-refractivity contribution in [2.24, 2.45) is 4.99 Å². The zero-order valence-electron chi connectivity index (χ0n) is 7.79. The molecule has 2 heteroatoms. The molecule has 0 saturated carbocycles. The third-order valence-corrected chi connectivity index (χ3v) is 1.68. The van der Waals surface area contributed by atoms with Gasteiger partial charge in [0, 0.05) is 11.9 Å². The Hall–Kier alpha value is -1.44. The Balaban J connectivity index is 2.89. The van der Waals surface area contributed by atoms with Crippen LogP contribution in [-0.2, 0) is 0 Å². The Morgan fingerprint density at radius 2 is 1.92 bits per heavy atom. The van der Waals surface area contributed by atoms with Crippen molar-refractivity contribution in [1.29, 1.82) is 0 Å². The van der Waals surface area contributed by atoms with Gasteiger partial charge in [-0.25, -0.2) is 4.39 Å². The lowest BCUT2D eigenvalue weighted by Crippen LogP contribution is -1.93. The summed E-state index contributed by atoms with van der Waals surface area (Å²) in [5.41, 5.74) is 1.83. The van der Waals surface area contributed by atoms with E-state index in [1.54, 1.807) is 18.3 Å². The molecule has 0 aliphatic rings. The molecule has 0 unspecified atom stereocenters. The fourth-order valence-corrected chi connectivity index (χ4v) is 0.952. The maximum atomic E-state index is 12.5. The molecule has 13 heavy (non-hydrogen) atoms. The summed E-state index contributed by atoms with van der Waals surface area (Å²) in [6, 6.07) is 6.31. The standard InChI is InChI=1S/C11H12FN/c1-3-8-13-9(2)10-4-6-11(12)7-5-10/h3-8H,1-2H3/b8-3+,13-9?. The molecule has 0 bridgehead atoms. The van der Waals surface area contributed by atoms with Gasteiger partial charge < -0.3 is 0 Å². The second-order valence-corrected chi connectivity index (χ2v) is 2.70. The van der Waals surface area contributed by atoms with Crippen molar-refractivity contribution in [3.63, 3.8) is 0 Å². The predicted octanol–water partition coefficient (Wildman–Crippen LogP) is 3.17. The highest BCUT2D eigenvalue weighted by Crippen LogP contribution is 2.04. The van der Waals surface area contributed by atoms with Gasteiger partial charge in [-0.15, -0.1) is 0 Å². The van der Waals surface area contributed by atoms with Crippen LogP contribution in [0.1, 0.15) is 19.4 Å². The molecule has 0 amide bonds. The van der Waals surface area contributed by atoms with Gasteiger partial charge in [0.2, 0.25) is 0 Å². The van der Waals surface area contributed by atoms with Crippen LogP contribution in [0.5, 0.6) is 0 Å². The summed E-state index contributed by atoms with van der Waals surface area (Å²) in [6.45, 7) is 3.80. The monoisotopic (exact) mass is 177 g/mol. The van der Waals surface area contributed by atoms with E-state index >= 15 is 0 Å². The number of rotatable bonds is 2. The highest BCUT2D eigenvalue weighted by atomic mass is 19.1. The first kappa shape index (κ1) is 9.65. The second-order valence-electron chi connectivity index (χ2n) is 2.70. The second kappa shape index (κ2) is 4.55. The molecule has 0 N–H and O–H groups in total. The van der Waals surface area contributed by atoms with Crippen LogP contribution in [0.2, 0.25) is 0 Å². The Morgan fingerprint density at radius 3 is 2.46 bits per heavy atom. The van der Waals surface area contributed by atoms with Crippen LogP contribution in [0.15, 0.2) is 41.5 Å². The first-order chi connectivity index (χ1) is 6.24. The molecule has 0 aliphatic carbocycles. The fraction of sp³-hybridized carbons (Fsp3) is 0.182. The van der Waals surface area contributed by atoms with Gasteiger partial charge in [0.05, 0.1) is 0 Å². The van der Waals surface area contributed by atoms with Crippen molar-refractivity contribution in [1.82, 2.24) is 0 Å². The minimum Gasteiger partial charge on any atom is -0.261 e. The molecule has 0 heterocycles. The van der Waals surface area contributed by atoms with E-state index in [2.05, 4.69) is 4.99 Å². The summed E-state index contributed by atoms with van der Waals surface area (Å²) in [4.78, 5) is 4.16. The molecule has 0 aromatic heterocycles. The molecular weight excluding hydrogens is 165 g/mol. The first-order valence-corrected chi connectivity index (χ1v) is 4.15. The molecule has 1 aromatic rings. The molecule has 0 fully saturated rings. The first-order valence-electron chi connectivity index (χ1n) is 4.15. The van der Waals surface area contributed by atoms with E-state index in [9.17, 15) is 4.39 Å². The number of hydrogen-bond acceptors (Lipinski definition) is 1. The molecule has 0 radical (unpaired) electrons. The van der Waals surface area contributed by atoms with Gasteiger partial charge in [0.15, 0.2) is 0 Å². The molecule has 0 spiro atoms. The summed E-state index contributed by atoms with van der Waals surface area (Å²) < 4.78 is 12.5. The Labute approximate surface area is 77.6 Å². The third kappa shape index (κ3) is 2.82. The number of allylic oxidation sites excluding steroid dienone is 1. The highest BCUT2D eigenvalue weighted by Gasteiger charge is 1.95. The largest absolute Gasteiger partial charge is 0.261 e. The van der Waals surface area contributed by atoms with E-state index in [1.165, 1.54) is 12.1 Å². The summed E-state index contributed by atoms with van der Waals surface area (Å²) >= 11 is 0. The molecule has 68 valence electrons. The van der Waals surface area contributed by atoms with Crippen LogP contribution in [-0.4, -0.2) is 5.71 Å². The van der Waals surface area contributed by atoms with E-state index in [1.807, 2.05) is 19.9 Å². The Kier molecular flexibility index (Phi) is 3.38. The van der Waals surface area contributed by atoms with Crippen molar-refractivity contribution in [2.75, 3.05) is 0 Å². The number of halogens is 1. The lowest BCUT2D eigenvalue weighted by molar-refractivity contribution is 0.628. The van der Waals surface area contributed by atoms with Crippen molar-refractivity contribution in [3.8, 4) is 0 Å². The van der Waals surface area contributed by atoms with Crippen LogP contribution in [0.3, 0.4) is 0 Å². The molecular formula is C11H12FN. The van der Waals surface area contributed by atoms with E-state index in [0.717, 1.165) is 11.3 Å². The SMILES string of the molecule is C/C=C/N=C(C)c1ccc(F)cc1. The van der Waals surface area contributed by atoms with E-state index in [4.69, 9.17) is 0 Å². The lowest BCUT2D eigenvalue weighted by Gasteiger charge is -1.97. The van der Waals surface area contributed by atoms with Crippen LogP contribution in [0.25, 0.3) is 0 Å². The van der Waals surface area contributed by atoms with Gasteiger partial charge in [0.25, 0.3) is 0 Å². The zero-order chi connectivity index (χ0) is 9.68. The summed E-state index contributed by atoms with van der Waals surface area (Å²) in [5, 5.41) is 0. The van der Waals surface area contributed by atoms with Crippen molar-refractivity contribution in [3.05, 3.63) is 47.9 Å². The smallest absolute Gasteiger partial charge is 0.123 e. The normalized spacial score (nSPS) is 12.4. The maximum absolute atomic E-state index is 12.5. The van der Waals surface area contributed by atoms with Crippen molar-refractivity contribution >= 4 is 5.71 Å². The van der Waals surface area contributed by atoms with Crippen LogP contribution in [0, 0.1) is 5.82 Å². The van der Waals surface area contributed by atoms with Crippen molar-refractivity contribution in [2.45, 2.75) is 13.8 Å². The van der Waals surface area contributed by atoms with E-state index < -0.39 is 0 Å². The average molecular weight is 177 g/mol. The highest BCUT2D eigenvalue weighted by molar-refractivity contribution is 5.98. The van der Waals surface area contributed by atoms with Gasteiger partial charge in [-0.3, -0.25) is 4.99 Å². The minimum absolute atomic E-state index is 0.220. The average Bonchev–Trinajstić information content (AvgIpc) is 2.15. The Morgan fingerprint density at radius 1 is 1.31 bits per heavy atom. The van der Waals surface area contributed by atoms with Gasteiger partial charge >= 0.3 is 0 Å². The molecule has 0 atom stereocenters. The summed E-state index contributed by atoms with van der Waals surface area (Å²) in [5.74, 6) is -0.220. The van der Waals surface area contributed by atoms with Gasteiger partial charge in [0.1, 0.15) is 5.82 Å². The maximum Gasteiger partial charge on any atom is 0.123 e. The fourth-order valence-electron chi connectivity index (χ4n) is 0.952. The minimum atomic E-state index is -0.220. The van der Waals surface area contributed by atoms with Crippen LogP contribution < -0.4 is 0 Å². The van der Waals surface area contributed by atoms with Crippen LogP contribution >= 0.6 is 0 Å². The van der Waals surface area contributed by atoms with Crippen LogP contribution in [0.4, 0.5) is 4.39 Å². The number of benzene rings is 1. The van der Waals surface area contributed by atoms with Gasteiger partial charge in [-0.05, 0) is 31.5 Å². The molecule has 0 aliphatic heterocycles. The number of aliphatic imine (C=N–C) groups is 1. The predicted molar refractivity (Wildman–Crippen MR) is 53.4 cm³/mol. The van der Waals surface area contributed by atoms with Gasteiger partial charge in [-0.1, -0.05) is 18.2 Å². The zero-order valence-corrected chi connectivity index (χ0v) is 7.79. The topological polar surface area (TPSA) is 12.4 Å². The molecule has 1 nitrogen and oxygen atoms in total. The summed E-state index contributed by atoms with van der Waals surface area (Å²) in [7, 11) is 0. The lowest BCUT2D eigenvalue weighted by atomic mass is 10.1. The molecule has 1 aromatic carbocycles. The number of nitrogens with zero attached hydrogens (tertiary/aromatic N) is 1. The van der Waals surface area contributed by atoms with E-state index in [0.29, 0.717) is 0 Å². The number of hydrogen-bond donors (Lipinski definition) is 0. The quantitative estimate of drug-likeness (QED) is 0.615. The summed E-state index contributed by atoms with van der Waals surface area (Å²) in [6.07, 6.45) is 3.58. The third-order valence-electron chi connectivity index (χ3n) is 1.68.